The normalized spacial score (nSPS) is 49.3. The van der Waals surface area contributed by atoms with Crippen LogP contribution in [0.5, 0.6) is 0 Å². The molecule has 17 unspecified atom stereocenters. The summed E-state index contributed by atoms with van der Waals surface area (Å²) in [6, 6.07) is 0. The fraction of sp³-hybridized carbons (Fsp3) is 0.943. The number of ketones is 2. The van der Waals surface area contributed by atoms with Crippen LogP contribution in [0.2, 0.25) is 0 Å². The molecule has 13 N–H and O–H groups in total. The minimum absolute atomic E-state index is 0.0283. The van der Waals surface area contributed by atoms with E-state index in [1.54, 1.807) is 7.11 Å². The van der Waals surface area contributed by atoms with Gasteiger partial charge in [0.15, 0.2) is 6.29 Å². The lowest BCUT2D eigenvalue weighted by Gasteiger charge is -2.52. The van der Waals surface area contributed by atoms with Gasteiger partial charge in [-0.2, -0.15) is 0 Å². The Morgan fingerprint density at radius 3 is 2.31 bits per heavy atom. The van der Waals surface area contributed by atoms with Gasteiger partial charge in [0.2, 0.25) is 0 Å². The zero-order valence-corrected chi connectivity index (χ0v) is 28.9. The second-order valence-corrected chi connectivity index (χ2v) is 16.4. The molecule has 3 saturated carbocycles. The van der Waals surface area contributed by atoms with Crippen molar-refractivity contribution in [1.82, 2.24) is 0 Å². The van der Waals surface area contributed by atoms with E-state index in [4.69, 9.17) is 25.7 Å². The van der Waals surface area contributed by atoms with Crippen molar-refractivity contribution in [3.63, 3.8) is 0 Å². The monoisotopic (exact) mass is 698 g/mol. The molecule has 0 bridgehead atoms. The average Bonchev–Trinajstić information content (AvgIpc) is 3.09. The summed E-state index contributed by atoms with van der Waals surface area (Å²) in [6.45, 7) is 1.23. The Morgan fingerprint density at radius 1 is 0.857 bits per heavy atom. The lowest BCUT2D eigenvalue weighted by Crippen LogP contribution is -2.95. The van der Waals surface area contributed by atoms with Crippen molar-refractivity contribution in [2.24, 2.45) is 52.9 Å². The topological polar surface area (TPSA) is 248 Å². The van der Waals surface area contributed by atoms with Crippen LogP contribution in [0.15, 0.2) is 0 Å². The predicted octanol–water partition coefficient (Wildman–Crippen LogP) is -3.19. The van der Waals surface area contributed by atoms with Gasteiger partial charge in [-0.25, -0.2) is 0 Å². The van der Waals surface area contributed by atoms with Crippen LogP contribution in [0.25, 0.3) is 0 Å². The molecule has 0 aromatic carbocycles. The predicted molar refractivity (Wildman–Crippen MR) is 174 cm³/mol. The first-order chi connectivity index (χ1) is 23.4. The molecule has 0 aromatic heterocycles. The summed E-state index contributed by atoms with van der Waals surface area (Å²) in [5.41, 5.74) is 10.2. The summed E-state index contributed by atoms with van der Waals surface area (Å²) in [4.78, 5) is 28.5. The standard InChI is InChI=1S/C35H60N4O10/c1-47-20-13-22-29(31(43)28-21(30(22)42)10-19(11-23(28)41)3-2-18-4-5-26(36)39-15-18)24(14-20)48-34-32(44)33(45)35(46,25(16-40)49-34)8-6-17-7-9-38-27(37)12-17/h17-29,32-34,38-41,44-46H,2-16,36-37H2,1H3/p+2. The zero-order valence-electron chi connectivity index (χ0n) is 28.9. The number of hydrogen-bond acceptors (Lipinski definition) is 12. The number of carbonyl (C=O) groups excluding carboxylic acids is 2. The van der Waals surface area contributed by atoms with E-state index in [0.717, 1.165) is 51.6 Å². The molecule has 280 valence electrons. The van der Waals surface area contributed by atoms with Gasteiger partial charge in [-0.3, -0.25) is 21.1 Å². The molecule has 49 heavy (non-hydrogen) atoms. The molecule has 17 atom stereocenters. The largest absolute Gasteiger partial charge is 0.394 e. The van der Waals surface area contributed by atoms with Crippen LogP contribution in [0.1, 0.15) is 77.0 Å². The molecule has 3 heterocycles. The first kappa shape index (κ1) is 37.6. The summed E-state index contributed by atoms with van der Waals surface area (Å²) in [5.74, 6) is -2.23. The lowest BCUT2D eigenvalue weighted by atomic mass is 9.55. The molecule has 0 amide bonds. The number of ether oxygens (including phenoxy) is 3. The Labute approximate surface area is 289 Å². The van der Waals surface area contributed by atoms with Crippen molar-refractivity contribution in [2.45, 2.75) is 138 Å². The van der Waals surface area contributed by atoms with E-state index < -0.39 is 78.8 Å². The highest BCUT2D eigenvalue weighted by atomic mass is 16.7. The minimum Gasteiger partial charge on any atom is -0.394 e. The number of fused-ring (bicyclic) bond motifs is 2. The highest BCUT2D eigenvalue weighted by Crippen LogP contribution is 2.50. The maximum atomic E-state index is 14.3. The van der Waals surface area contributed by atoms with E-state index in [1.807, 2.05) is 0 Å². The van der Waals surface area contributed by atoms with Gasteiger partial charge in [-0.05, 0) is 69.6 Å². The number of methoxy groups -OCH3 is 1. The molecule has 6 aliphatic rings. The third-order valence-corrected chi connectivity index (χ3v) is 13.3. The highest BCUT2D eigenvalue weighted by molar-refractivity contribution is 6.00. The first-order valence-corrected chi connectivity index (χ1v) is 18.9. The van der Waals surface area contributed by atoms with Crippen molar-refractivity contribution >= 4 is 11.6 Å². The molecule has 6 rings (SSSR count). The molecule has 0 aromatic rings. The van der Waals surface area contributed by atoms with E-state index in [1.165, 1.54) is 0 Å². The third-order valence-electron chi connectivity index (χ3n) is 13.3. The molecule has 14 nitrogen and oxygen atoms in total. The van der Waals surface area contributed by atoms with Crippen LogP contribution in [-0.2, 0) is 23.8 Å². The Balaban J connectivity index is 1.13. The van der Waals surface area contributed by atoms with E-state index in [-0.39, 0.29) is 48.6 Å². The van der Waals surface area contributed by atoms with Crippen molar-refractivity contribution < 1.29 is 60.0 Å². The Morgan fingerprint density at radius 2 is 1.61 bits per heavy atom. The molecule has 14 heteroatoms. The number of nitrogens with two attached hydrogens (primary N) is 4. The van der Waals surface area contributed by atoms with Gasteiger partial charge in [-0.15, -0.1) is 0 Å². The summed E-state index contributed by atoms with van der Waals surface area (Å²) < 4.78 is 18.0. The van der Waals surface area contributed by atoms with Gasteiger partial charge < -0.3 is 50.4 Å². The van der Waals surface area contributed by atoms with E-state index in [2.05, 4.69) is 10.6 Å². The van der Waals surface area contributed by atoms with E-state index in [9.17, 15) is 35.1 Å². The highest BCUT2D eigenvalue weighted by Gasteiger charge is 2.60. The van der Waals surface area contributed by atoms with Crippen LogP contribution in [-0.4, -0.2) is 125 Å². The fourth-order valence-corrected chi connectivity index (χ4v) is 10.4. The third kappa shape index (κ3) is 7.81. The van der Waals surface area contributed by atoms with Gasteiger partial charge in [0.25, 0.3) is 0 Å². The summed E-state index contributed by atoms with van der Waals surface area (Å²) in [5, 5.41) is 60.0. The number of aliphatic hydroxyl groups excluding tert-OH is 4. The number of rotatable bonds is 10. The summed E-state index contributed by atoms with van der Waals surface area (Å²) in [6.07, 6.45) is -0.292. The van der Waals surface area contributed by atoms with Crippen LogP contribution < -0.4 is 22.1 Å². The number of piperidine rings is 2. The van der Waals surface area contributed by atoms with Crippen LogP contribution in [0, 0.1) is 41.4 Å². The van der Waals surface area contributed by atoms with Gasteiger partial charge in [-0.1, -0.05) is 0 Å². The molecule has 3 aliphatic carbocycles. The lowest BCUT2D eigenvalue weighted by molar-refractivity contribution is -0.703. The molecule has 3 aliphatic heterocycles. The number of Topliss-reactive ketones (excluding diaryl/α,β-unsaturated/α-hetero) is 2. The van der Waals surface area contributed by atoms with Crippen LogP contribution in [0.3, 0.4) is 0 Å². The van der Waals surface area contributed by atoms with Crippen molar-refractivity contribution in [1.29, 1.82) is 0 Å². The van der Waals surface area contributed by atoms with Gasteiger partial charge in [0.1, 0.15) is 47.8 Å². The summed E-state index contributed by atoms with van der Waals surface area (Å²) in [7, 11) is 1.55. The number of aliphatic hydroxyl groups is 5. The van der Waals surface area contributed by atoms with Crippen molar-refractivity contribution in [3.05, 3.63) is 0 Å². The Kier molecular flexibility index (Phi) is 12.2. The smallest absolute Gasteiger partial charge is 0.187 e. The molecular formula is C35H62N4O10+2. The number of carbonyl (C=O) groups is 2. The molecule has 6 fully saturated rings. The van der Waals surface area contributed by atoms with Crippen molar-refractivity contribution in [3.8, 4) is 0 Å². The van der Waals surface area contributed by atoms with E-state index >= 15 is 0 Å². The minimum atomic E-state index is -1.93. The first-order valence-electron chi connectivity index (χ1n) is 18.9. The van der Waals surface area contributed by atoms with Gasteiger partial charge in [0, 0.05) is 44.1 Å². The number of quaternary nitrogens is 2. The summed E-state index contributed by atoms with van der Waals surface area (Å²) >= 11 is 0. The molecule has 0 radical (unpaired) electrons. The average molecular weight is 699 g/mol. The van der Waals surface area contributed by atoms with E-state index in [0.29, 0.717) is 31.6 Å². The van der Waals surface area contributed by atoms with Crippen LogP contribution >= 0.6 is 0 Å². The maximum Gasteiger partial charge on any atom is 0.187 e. The molecule has 0 spiro atoms. The molecular weight excluding hydrogens is 636 g/mol. The Hall–Kier alpha value is -1.14. The SMILES string of the molecule is COC1CC(OC2OC(CO)C(O)(CCC3CC[NH2+]C(N)C3)C(O)C2O)C2C(=O)C3C(O)CC(CCC4CCC(N)[NH2+]C4)CC3C(=O)C2C1. The molecule has 3 saturated heterocycles. The second-order valence-electron chi connectivity index (χ2n) is 16.4. The second kappa shape index (κ2) is 15.8. The Bertz CT molecular complexity index is 1140. The fourth-order valence-electron chi connectivity index (χ4n) is 10.4. The quantitative estimate of drug-likeness (QED) is 0.110. The maximum absolute atomic E-state index is 14.3. The van der Waals surface area contributed by atoms with Crippen LogP contribution in [0.4, 0.5) is 0 Å². The van der Waals surface area contributed by atoms with Gasteiger partial charge >= 0.3 is 0 Å². The van der Waals surface area contributed by atoms with Crippen molar-refractivity contribution in [2.75, 3.05) is 26.8 Å². The zero-order chi connectivity index (χ0) is 35.0. The number of hydrogen-bond donors (Lipinski definition) is 9. The van der Waals surface area contributed by atoms with Gasteiger partial charge in [0.05, 0.1) is 49.8 Å².